The SMILES string of the molecule is CCCCCCCCCCCCCCCCCCCCCCCCCC(=O)N[C@@H](COP(=O)(O)O[C@@H]1[C@H](O)[C@H](O)[C@@H](O)[C@H](O)[C@H]1O[C@@H]1O[C@H](CO)[C@@H](O)[C@H](O)[C@@H]1O)[C@H](O)CCCCCCCCCCCCCCCCC. The van der Waals surface area contributed by atoms with Crippen molar-refractivity contribution in [3.63, 3.8) is 0 Å². The summed E-state index contributed by atoms with van der Waals surface area (Å²) in [7, 11) is -5.32. The van der Waals surface area contributed by atoms with Crippen LogP contribution in [0.4, 0.5) is 0 Å². The molecule has 2 rings (SSSR count). The molecule has 1 aliphatic carbocycles. The summed E-state index contributed by atoms with van der Waals surface area (Å²) in [5, 5.41) is 97.6. The molecule has 0 aromatic rings. The Hall–Kier alpha value is -0.860. The first-order valence-corrected chi connectivity index (χ1v) is 32.5. The third-order valence-corrected chi connectivity index (χ3v) is 16.8. The minimum absolute atomic E-state index is 0.179. The summed E-state index contributed by atoms with van der Waals surface area (Å²) in [6, 6.07) is -1.14. The lowest BCUT2D eigenvalue weighted by Crippen LogP contribution is -2.67. The van der Waals surface area contributed by atoms with Crippen molar-refractivity contribution in [2.24, 2.45) is 0 Å². The highest BCUT2D eigenvalue weighted by Crippen LogP contribution is 2.48. The molecule has 1 unspecified atom stereocenters. The standard InChI is InChI=1S/C58H114NO16P/c1-3-5-7-9-11-13-15-17-19-20-21-22-23-24-25-26-28-30-32-34-36-38-40-42-48(62)59-45(46(61)41-39-37-35-33-31-29-27-18-16-14-12-10-8-6-4-2)44-72-76(70,71)75-57-54(68)52(66)51(65)53(67)56(57)74-58-55(69)50(64)49(63)47(43-60)73-58/h45-47,49-58,60-61,63-69H,3-44H2,1-2H3,(H,59,62)(H,70,71)/t45-,46+,47+,49+,50-,51+,52+,53-,54+,55-,56+,57+,58-/m0/s1. The van der Waals surface area contributed by atoms with Crippen molar-refractivity contribution in [1.82, 2.24) is 5.32 Å². The van der Waals surface area contributed by atoms with Gasteiger partial charge in [-0.15, -0.1) is 0 Å². The predicted molar refractivity (Wildman–Crippen MR) is 297 cm³/mol. The number of aliphatic hydroxyl groups is 9. The highest BCUT2D eigenvalue weighted by atomic mass is 31.2. The molecule has 0 spiro atoms. The first-order valence-electron chi connectivity index (χ1n) is 31.0. The number of hydrogen-bond donors (Lipinski definition) is 11. The fraction of sp³-hybridized carbons (Fsp3) is 0.983. The van der Waals surface area contributed by atoms with Gasteiger partial charge in [-0.2, -0.15) is 0 Å². The number of ether oxygens (including phenoxy) is 2. The summed E-state index contributed by atoms with van der Waals surface area (Å²) in [6.45, 7) is 2.98. The number of phosphoric ester groups is 1. The molecule has 2 fully saturated rings. The second-order valence-corrected chi connectivity index (χ2v) is 24.0. The Balaban J connectivity index is 1.82. The Labute approximate surface area is 459 Å². The zero-order chi connectivity index (χ0) is 55.8. The molecule has 11 N–H and O–H groups in total. The number of carbonyl (C=O) groups excluding carboxylic acids is 1. The molecule has 452 valence electrons. The smallest absolute Gasteiger partial charge is 0.394 e. The van der Waals surface area contributed by atoms with Crippen molar-refractivity contribution >= 4 is 13.7 Å². The van der Waals surface area contributed by atoms with Crippen molar-refractivity contribution in [2.75, 3.05) is 13.2 Å². The maximum atomic E-state index is 13.6. The maximum Gasteiger partial charge on any atom is 0.472 e. The van der Waals surface area contributed by atoms with Crippen molar-refractivity contribution < 1.29 is 78.7 Å². The normalized spacial score (nSPS) is 26.6. The molecule has 0 radical (unpaired) electrons. The molecule has 18 heteroatoms. The molecule has 17 nitrogen and oxygen atoms in total. The molecule has 14 atom stereocenters. The Morgan fingerprint density at radius 1 is 0.487 bits per heavy atom. The zero-order valence-electron chi connectivity index (χ0n) is 47.6. The van der Waals surface area contributed by atoms with Gasteiger partial charge in [0, 0.05) is 6.42 Å². The second-order valence-electron chi connectivity index (χ2n) is 22.6. The van der Waals surface area contributed by atoms with Crippen LogP contribution in [0, 0.1) is 0 Å². The van der Waals surface area contributed by atoms with Crippen LogP contribution in [0.2, 0.25) is 0 Å². The van der Waals surface area contributed by atoms with E-state index in [4.69, 9.17) is 18.5 Å². The van der Waals surface area contributed by atoms with Gasteiger partial charge in [0.1, 0.15) is 61.0 Å². The van der Waals surface area contributed by atoms with E-state index >= 15 is 0 Å². The van der Waals surface area contributed by atoms with Gasteiger partial charge in [0.15, 0.2) is 6.29 Å². The third-order valence-electron chi connectivity index (χ3n) is 15.8. The molecule has 1 amide bonds. The van der Waals surface area contributed by atoms with Gasteiger partial charge in [0.05, 0.1) is 25.4 Å². The van der Waals surface area contributed by atoms with Crippen LogP contribution in [0.5, 0.6) is 0 Å². The van der Waals surface area contributed by atoms with E-state index in [2.05, 4.69) is 19.2 Å². The largest absolute Gasteiger partial charge is 0.472 e. The second kappa shape index (κ2) is 44.8. The highest BCUT2D eigenvalue weighted by molar-refractivity contribution is 7.47. The van der Waals surface area contributed by atoms with Crippen LogP contribution in [0.1, 0.15) is 271 Å². The first kappa shape index (κ1) is 71.2. The van der Waals surface area contributed by atoms with Crippen molar-refractivity contribution in [1.29, 1.82) is 0 Å². The van der Waals surface area contributed by atoms with Gasteiger partial charge in [-0.1, -0.05) is 251 Å². The van der Waals surface area contributed by atoms with Crippen molar-refractivity contribution in [3.8, 4) is 0 Å². The van der Waals surface area contributed by atoms with Crippen LogP contribution >= 0.6 is 7.82 Å². The number of phosphoric acid groups is 1. The Kier molecular flexibility index (Phi) is 42.0. The summed E-state index contributed by atoms with van der Waals surface area (Å²) in [5.74, 6) is -0.364. The van der Waals surface area contributed by atoms with E-state index < -0.39 is 101 Å². The van der Waals surface area contributed by atoms with Gasteiger partial charge < -0.3 is 65.6 Å². The molecular formula is C58H114NO16P. The molecule has 0 aromatic carbocycles. The lowest BCUT2D eigenvalue weighted by Gasteiger charge is -2.47. The summed E-state index contributed by atoms with van der Waals surface area (Å²) in [5.41, 5.74) is 0. The fourth-order valence-corrected chi connectivity index (χ4v) is 11.6. The highest BCUT2D eigenvalue weighted by Gasteiger charge is 2.55. The van der Waals surface area contributed by atoms with E-state index in [1.807, 2.05) is 0 Å². The average molecular weight is 1110 g/mol. The van der Waals surface area contributed by atoms with Crippen LogP contribution < -0.4 is 5.32 Å². The van der Waals surface area contributed by atoms with Gasteiger partial charge >= 0.3 is 7.82 Å². The fourth-order valence-electron chi connectivity index (χ4n) is 10.7. The summed E-state index contributed by atoms with van der Waals surface area (Å²) >= 11 is 0. The molecule has 0 aromatic heterocycles. The van der Waals surface area contributed by atoms with Crippen LogP contribution in [-0.4, -0.2) is 149 Å². The van der Waals surface area contributed by atoms with E-state index in [-0.39, 0.29) is 18.7 Å². The van der Waals surface area contributed by atoms with Crippen molar-refractivity contribution in [2.45, 2.75) is 350 Å². The van der Waals surface area contributed by atoms with Gasteiger partial charge in [-0.25, -0.2) is 4.57 Å². The summed E-state index contributed by atoms with van der Waals surface area (Å²) < 4.78 is 35.0. The Morgan fingerprint density at radius 2 is 0.829 bits per heavy atom. The Morgan fingerprint density at radius 3 is 1.21 bits per heavy atom. The number of hydrogen-bond acceptors (Lipinski definition) is 15. The molecular weight excluding hydrogens is 998 g/mol. The molecule has 0 bridgehead atoms. The number of amides is 1. The monoisotopic (exact) mass is 1110 g/mol. The Bertz CT molecular complexity index is 1420. The predicted octanol–water partition coefficient (Wildman–Crippen LogP) is 9.62. The quantitative estimate of drug-likeness (QED) is 0.0200. The lowest BCUT2D eigenvalue weighted by molar-refractivity contribution is -0.338. The van der Waals surface area contributed by atoms with E-state index in [0.717, 1.165) is 51.4 Å². The number of unbranched alkanes of at least 4 members (excludes halogenated alkanes) is 36. The van der Waals surface area contributed by atoms with E-state index in [1.54, 1.807) is 0 Å². The number of carbonyl (C=O) groups is 1. The average Bonchev–Trinajstić information content (AvgIpc) is 3.40. The molecule has 1 aliphatic heterocycles. The van der Waals surface area contributed by atoms with Gasteiger partial charge in [0.25, 0.3) is 0 Å². The molecule has 1 heterocycles. The molecule has 1 saturated carbocycles. The minimum atomic E-state index is -5.32. The van der Waals surface area contributed by atoms with Crippen LogP contribution in [-0.2, 0) is 27.9 Å². The summed E-state index contributed by atoms with van der Waals surface area (Å²) in [4.78, 5) is 24.2. The van der Waals surface area contributed by atoms with Crippen LogP contribution in [0.25, 0.3) is 0 Å². The van der Waals surface area contributed by atoms with E-state index in [9.17, 15) is 60.2 Å². The molecule has 1 saturated heterocycles. The molecule has 76 heavy (non-hydrogen) atoms. The topological polar surface area (TPSA) is 285 Å². The van der Waals surface area contributed by atoms with E-state index in [0.29, 0.717) is 12.8 Å². The van der Waals surface area contributed by atoms with Gasteiger partial charge in [-0.3, -0.25) is 13.8 Å². The summed E-state index contributed by atoms with van der Waals surface area (Å²) in [6.07, 6.45) is 24.3. The van der Waals surface area contributed by atoms with Gasteiger partial charge in [-0.05, 0) is 12.8 Å². The maximum absolute atomic E-state index is 13.6. The van der Waals surface area contributed by atoms with Gasteiger partial charge in [0.2, 0.25) is 5.91 Å². The molecule has 2 aliphatic rings. The van der Waals surface area contributed by atoms with Crippen molar-refractivity contribution in [3.05, 3.63) is 0 Å². The number of rotatable bonds is 50. The van der Waals surface area contributed by atoms with Crippen LogP contribution in [0.15, 0.2) is 0 Å². The van der Waals surface area contributed by atoms with E-state index in [1.165, 1.54) is 180 Å². The third kappa shape index (κ3) is 31.4. The van der Waals surface area contributed by atoms with Crippen LogP contribution in [0.3, 0.4) is 0 Å². The number of aliphatic hydroxyl groups excluding tert-OH is 9. The zero-order valence-corrected chi connectivity index (χ0v) is 48.5. The minimum Gasteiger partial charge on any atom is -0.394 e. The lowest BCUT2D eigenvalue weighted by atomic mass is 9.84. The number of nitrogens with one attached hydrogen (secondary N) is 1. The first-order chi connectivity index (χ1) is 36.7.